The Morgan fingerprint density at radius 2 is 2.00 bits per heavy atom. The molecule has 0 aliphatic heterocycles. The topological polar surface area (TPSA) is 58.6 Å². The van der Waals surface area contributed by atoms with Gasteiger partial charge < -0.3 is 15.2 Å². The van der Waals surface area contributed by atoms with Gasteiger partial charge >= 0.3 is 0 Å². The summed E-state index contributed by atoms with van der Waals surface area (Å²) in [6, 6.07) is 9.23. The van der Waals surface area contributed by atoms with Crippen molar-refractivity contribution < 1.29 is 14.6 Å². The molecule has 0 aliphatic carbocycles. The molecule has 4 nitrogen and oxygen atoms in total. The minimum absolute atomic E-state index is 0.00870. The van der Waals surface area contributed by atoms with E-state index in [1.165, 1.54) is 0 Å². The summed E-state index contributed by atoms with van der Waals surface area (Å²) in [5.74, 6) is 0.531. The number of benzene rings is 1. The molecule has 1 aromatic rings. The van der Waals surface area contributed by atoms with Crippen LogP contribution in [0.2, 0.25) is 0 Å². The van der Waals surface area contributed by atoms with E-state index in [1.807, 2.05) is 44.2 Å². The van der Waals surface area contributed by atoms with E-state index in [1.54, 1.807) is 6.92 Å². The standard InChI is InChI=1S/C15H23NO3/c1-12(17)9-15(2,3)11-16-14(18)10-19-13-7-5-4-6-8-13/h4-8,12,17H,9-11H2,1-3H3,(H,16,18). The number of hydrogen-bond donors (Lipinski definition) is 2. The molecule has 0 heterocycles. The fraction of sp³-hybridized carbons (Fsp3) is 0.533. The van der Waals surface area contributed by atoms with Gasteiger partial charge in [0.15, 0.2) is 6.61 Å². The Morgan fingerprint density at radius 3 is 2.58 bits per heavy atom. The Balaban J connectivity index is 2.28. The predicted molar refractivity (Wildman–Crippen MR) is 75.0 cm³/mol. The maximum atomic E-state index is 11.7. The summed E-state index contributed by atoms with van der Waals surface area (Å²) >= 11 is 0. The normalized spacial score (nSPS) is 12.8. The van der Waals surface area contributed by atoms with Gasteiger partial charge in [-0.05, 0) is 30.9 Å². The lowest BCUT2D eigenvalue weighted by atomic mass is 9.87. The van der Waals surface area contributed by atoms with Crippen molar-refractivity contribution in [2.75, 3.05) is 13.2 Å². The second-order valence-electron chi connectivity index (χ2n) is 5.60. The van der Waals surface area contributed by atoms with Gasteiger partial charge in [-0.25, -0.2) is 0 Å². The number of carbonyl (C=O) groups excluding carboxylic acids is 1. The van der Waals surface area contributed by atoms with Crippen LogP contribution in [0, 0.1) is 5.41 Å². The Hall–Kier alpha value is -1.55. The smallest absolute Gasteiger partial charge is 0.257 e. The highest BCUT2D eigenvalue weighted by Crippen LogP contribution is 2.20. The molecule has 1 amide bonds. The third kappa shape index (κ3) is 6.82. The molecule has 4 heteroatoms. The second-order valence-corrected chi connectivity index (χ2v) is 5.60. The molecule has 0 aromatic heterocycles. The molecule has 0 fully saturated rings. The molecule has 1 unspecified atom stereocenters. The van der Waals surface area contributed by atoms with Gasteiger partial charge in [-0.2, -0.15) is 0 Å². The minimum atomic E-state index is -0.368. The first-order valence-electron chi connectivity index (χ1n) is 6.52. The second kappa shape index (κ2) is 7.14. The molecule has 1 aromatic carbocycles. The van der Waals surface area contributed by atoms with E-state index in [-0.39, 0.29) is 24.0 Å². The number of amides is 1. The first-order chi connectivity index (χ1) is 8.89. The van der Waals surface area contributed by atoms with Crippen molar-refractivity contribution >= 4 is 5.91 Å². The van der Waals surface area contributed by atoms with Crippen LogP contribution in [-0.2, 0) is 4.79 Å². The summed E-state index contributed by atoms with van der Waals surface area (Å²) in [5.41, 5.74) is -0.128. The van der Waals surface area contributed by atoms with Crippen LogP contribution >= 0.6 is 0 Å². The van der Waals surface area contributed by atoms with Gasteiger partial charge in [0.2, 0.25) is 0 Å². The Bertz CT molecular complexity index is 388. The number of carbonyl (C=O) groups is 1. The van der Waals surface area contributed by atoms with Crippen molar-refractivity contribution in [3.63, 3.8) is 0 Å². The molecule has 106 valence electrons. The zero-order chi connectivity index (χ0) is 14.3. The SMILES string of the molecule is CC(O)CC(C)(C)CNC(=O)COc1ccccc1. The van der Waals surface area contributed by atoms with E-state index >= 15 is 0 Å². The van der Waals surface area contributed by atoms with E-state index in [9.17, 15) is 9.90 Å². The van der Waals surface area contributed by atoms with E-state index in [4.69, 9.17) is 4.74 Å². The van der Waals surface area contributed by atoms with Gasteiger partial charge in [-0.1, -0.05) is 32.0 Å². The molecule has 2 N–H and O–H groups in total. The van der Waals surface area contributed by atoms with Gasteiger partial charge in [0, 0.05) is 6.54 Å². The highest BCUT2D eigenvalue weighted by molar-refractivity contribution is 5.77. The number of ether oxygens (including phenoxy) is 1. The fourth-order valence-electron chi connectivity index (χ4n) is 1.93. The highest BCUT2D eigenvalue weighted by atomic mass is 16.5. The molecular weight excluding hydrogens is 242 g/mol. The van der Waals surface area contributed by atoms with Crippen LogP contribution in [0.3, 0.4) is 0 Å². The van der Waals surface area contributed by atoms with Gasteiger partial charge in [0.05, 0.1) is 6.10 Å². The fourth-order valence-corrected chi connectivity index (χ4v) is 1.93. The molecule has 19 heavy (non-hydrogen) atoms. The molecule has 0 bridgehead atoms. The average Bonchev–Trinajstić information content (AvgIpc) is 2.34. The van der Waals surface area contributed by atoms with Crippen LogP contribution in [0.4, 0.5) is 0 Å². The number of aliphatic hydroxyl groups excluding tert-OH is 1. The number of hydrogen-bond acceptors (Lipinski definition) is 3. The van der Waals surface area contributed by atoms with Crippen LogP contribution in [0.1, 0.15) is 27.2 Å². The first kappa shape index (κ1) is 15.5. The summed E-state index contributed by atoms with van der Waals surface area (Å²) in [6.45, 7) is 6.31. The van der Waals surface area contributed by atoms with Crippen LogP contribution in [-0.4, -0.2) is 30.3 Å². The molecule has 0 aliphatic rings. The molecule has 1 rings (SSSR count). The Labute approximate surface area is 114 Å². The summed E-state index contributed by atoms with van der Waals surface area (Å²) in [5, 5.41) is 12.2. The van der Waals surface area contributed by atoms with E-state index < -0.39 is 0 Å². The van der Waals surface area contributed by atoms with Gasteiger partial charge in [0.25, 0.3) is 5.91 Å². The monoisotopic (exact) mass is 265 g/mol. The van der Waals surface area contributed by atoms with Crippen molar-refractivity contribution in [2.24, 2.45) is 5.41 Å². The van der Waals surface area contributed by atoms with Crippen molar-refractivity contribution in [2.45, 2.75) is 33.3 Å². The molecule has 0 saturated heterocycles. The van der Waals surface area contributed by atoms with Crippen molar-refractivity contribution in [1.29, 1.82) is 0 Å². The molecule has 1 atom stereocenters. The lowest BCUT2D eigenvalue weighted by Gasteiger charge is -2.26. The molecule has 0 saturated carbocycles. The van der Waals surface area contributed by atoms with Crippen molar-refractivity contribution in [3.8, 4) is 5.75 Å². The summed E-state index contributed by atoms with van der Waals surface area (Å²) < 4.78 is 5.35. The zero-order valence-electron chi connectivity index (χ0n) is 11.8. The number of aliphatic hydroxyl groups is 1. The van der Waals surface area contributed by atoms with Gasteiger partial charge in [0.1, 0.15) is 5.75 Å². The van der Waals surface area contributed by atoms with Crippen LogP contribution in [0.5, 0.6) is 5.75 Å². The predicted octanol–water partition coefficient (Wildman–Crippen LogP) is 1.98. The van der Waals surface area contributed by atoms with E-state index in [0.717, 1.165) is 0 Å². The van der Waals surface area contributed by atoms with E-state index in [2.05, 4.69) is 5.32 Å². The first-order valence-corrected chi connectivity index (χ1v) is 6.52. The lowest BCUT2D eigenvalue weighted by molar-refractivity contribution is -0.123. The van der Waals surface area contributed by atoms with Crippen LogP contribution in [0.15, 0.2) is 30.3 Å². The number of nitrogens with one attached hydrogen (secondary N) is 1. The maximum Gasteiger partial charge on any atom is 0.257 e. The number of para-hydroxylation sites is 1. The molecule has 0 radical (unpaired) electrons. The summed E-state index contributed by atoms with van der Waals surface area (Å²) in [7, 11) is 0. The van der Waals surface area contributed by atoms with Gasteiger partial charge in [-0.15, -0.1) is 0 Å². The molecule has 0 spiro atoms. The largest absolute Gasteiger partial charge is 0.484 e. The highest BCUT2D eigenvalue weighted by Gasteiger charge is 2.21. The Morgan fingerprint density at radius 1 is 1.37 bits per heavy atom. The number of rotatable bonds is 7. The summed E-state index contributed by atoms with van der Waals surface area (Å²) in [6.07, 6.45) is 0.278. The Kier molecular flexibility index (Phi) is 5.83. The average molecular weight is 265 g/mol. The van der Waals surface area contributed by atoms with Gasteiger partial charge in [-0.3, -0.25) is 4.79 Å². The van der Waals surface area contributed by atoms with Crippen LogP contribution < -0.4 is 10.1 Å². The lowest BCUT2D eigenvalue weighted by Crippen LogP contribution is -2.38. The van der Waals surface area contributed by atoms with Crippen molar-refractivity contribution in [3.05, 3.63) is 30.3 Å². The zero-order valence-corrected chi connectivity index (χ0v) is 11.8. The van der Waals surface area contributed by atoms with Crippen molar-refractivity contribution in [1.82, 2.24) is 5.32 Å². The van der Waals surface area contributed by atoms with Crippen LogP contribution in [0.25, 0.3) is 0 Å². The maximum absolute atomic E-state index is 11.7. The summed E-state index contributed by atoms with van der Waals surface area (Å²) in [4.78, 5) is 11.7. The third-order valence-corrected chi connectivity index (χ3v) is 2.73. The van der Waals surface area contributed by atoms with E-state index in [0.29, 0.717) is 18.7 Å². The molecular formula is C15H23NO3. The quantitative estimate of drug-likeness (QED) is 0.792. The third-order valence-electron chi connectivity index (χ3n) is 2.73. The minimum Gasteiger partial charge on any atom is -0.484 e.